The normalized spacial score (nSPS) is 22.7. The molecule has 0 saturated heterocycles. The molecule has 2 aliphatic heterocycles. The van der Waals surface area contributed by atoms with Crippen molar-refractivity contribution in [2.24, 2.45) is 5.73 Å². The molecule has 0 bridgehead atoms. The first-order valence-corrected chi connectivity index (χ1v) is 6.09. The Balaban J connectivity index is 1.95. The van der Waals surface area contributed by atoms with Crippen LogP contribution in [0.15, 0.2) is 48.3 Å². The number of rotatable bonds is 1. The summed E-state index contributed by atoms with van der Waals surface area (Å²) in [4.78, 5) is 2.36. The highest BCUT2D eigenvalue weighted by atomic mass is 15.3. The van der Waals surface area contributed by atoms with Crippen LogP contribution in [0.3, 0.4) is 0 Å². The molecule has 2 aliphatic rings. The molecular weight excluding hydrogens is 210 g/mol. The molecule has 3 nitrogen and oxygen atoms in total. The molecule has 1 atom stereocenters. The molecule has 0 spiro atoms. The number of nitrogens with one attached hydrogen (secondary N) is 1. The second kappa shape index (κ2) is 4.17. The summed E-state index contributed by atoms with van der Waals surface area (Å²) in [5.74, 6) is 0. The summed E-state index contributed by atoms with van der Waals surface area (Å²) < 4.78 is 0. The lowest BCUT2D eigenvalue weighted by molar-refractivity contribution is 0.564. The second-order valence-corrected chi connectivity index (χ2v) is 4.52. The first-order chi connectivity index (χ1) is 8.36. The molecule has 0 radical (unpaired) electrons. The van der Waals surface area contributed by atoms with Gasteiger partial charge in [-0.3, -0.25) is 0 Å². The Kier molecular flexibility index (Phi) is 2.52. The molecular formula is C14H17N3. The van der Waals surface area contributed by atoms with E-state index in [1.54, 1.807) is 0 Å². The van der Waals surface area contributed by atoms with E-state index in [9.17, 15) is 0 Å². The van der Waals surface area contributed by atoms with Gasteiger partial charge in [0.05, 0.1) is 5.70 Å². The summed E-state index contributed by atoms with van der Waals surface area (Å²) in [5.41, 5.74) is 9.68. The fourth-order valence-corrected chi connectivity index (χ4v) is 2.59. The highest BCUT2D eigenvalue weighted by Gasteiger charge is 2.25. The number of fused-ring (bicyclic) bond motifs is 1. The minimum absolute atomic E-state index is 0.0986. The monoisotopic (exact) mass is 227 g/mol. The van der Waals surface area contributed by atoms with Crippen molar-refractivity contribution in [3.05, 3.63) is 53.9 Å². The van der Waals surface area contributed by atoms with Gasteiger partial charge < -0.3 is 16.0 Å². The first-order valence-electron chi connectivity index (χ1n) is 6.09. The van der Waals surface area contributed by atoms with Crippen molar-refractivity contribution in [3.8, 4) is 0 Å². The average Bonchev–Trinajstić information content (AvgIpc) is 2.39. The van der Waals surface area contributed by atoms with Gasteiger partial charge >= 0.3 is 0 Å². The van der Waals surface area contributed by atoms with Gasteiger partial charge in [-0.05, 0) is 42.8 Å². The zero-order valence-electron chi connectivity index (χ0n) is 9.76. The van der Waals surface area contributed by atoms with E-state index in [4.69, 9.17) is 5.73 Å². The fourth-order valence-electron chi connectivity index (χ4n) is 2.59. The lowest BCUT2D eigenvalue weighted by Gasteiger charge is -2.39. The van der Waals surface area contributed by atoms with Crippen LogP contribution in [0.25, 0.3) is 0 Å². The summed E-state index contributed by atoms with van der Waals surface area (Å²) in [7, 11) is 0. The van der Waals surface area contributed by atoms with Gasteiger partial charge in [-0.15, -0.1) is 0 Å². The predicted octanol–water partition coefficient (Wildman–Crippen LogP) is 1.72. The Morgan fingerprint density at radius 1 is 1.29 bits per heavy atom. The number of nitrogens with zero attached hydrogens (tertiary/aromatic N) is 1. The van der Waals surface area contributed by atoms with Gasteiger partial charge in [0, 0.05) is 12.2 Å². The van der Waals surface area contributed by atoms with Crippen LogP contribution in [0.2, 0.25) is 0 Å². The largest absolute Gasteiger partial charge is 0.399 e. The maximum Gasteiger partial charge on any atom is 0.140 e. The van der Waals surface area contributed by atoms with E-state index < -0.39 is 0 Å². The fraction of sp³-hybridized carbons (Fsp3) is 0.286. The molecule has 3 rings (SSSR count). The van der Waals surface area contributed by atoms with Crippen molar-refractivity contribution < 1.29 is 0 Å². The van der Waals surface area contributed by atoms with E-state index in [1.165, 1.54) is 24.1 Å². The highest BCUT2D eigenvalue weighted by molar-refractivity contribution is 5.57. The molecule has 0 saturated carbocycles. The molecule has 88 valence electrons. The van der Waals surface area contributed by atoms with Gasteiger partial charge in [0.2, 0.25) is 0 Å². The van der Waals surface area contributed by atoms with E-state index in [0.29, 0.717) is 0 Å². The van der Waals surface area contributed by atoms with Crippen LogP contribution >= 0.6 is 0 Å². The molecule has 1 aromatic rings. The number of benzene rings is 1. The zero-order valence-corrected chi connectivity index (χ0v) is 9.76. The average molecular weight is 227 g/mol. The number of nitrogens with two attached hydrogens (primary N) is 1. The molecule has 0 fully saturated rings. The topological polar surface area (TPSA) is 41.3 Å². The van der Waals surface area contributed by atoms with E-state index >= 15 is 0 Å². The number of aryl methyl sites for hydroxylation is 1. The summed E-state index contributed by atoms with van der Waals surface area (Å²) in [5, 5.41) is 3.33. The van der Waals surface area contributed by atoms with Crippen molar-refractivity contribution in [3.63, 3.8) is 0 Å². The Morgan fingerprint density at radius 2 is 2.18 bits per heavy atom. The summed E-state index contributed by atoms with van der Waals surface area (Å²) in [6, 6.07) is 8.59. The Hall–Kier alpha value is -1.90. The van der Waals surface area contributed by atoms with E-state index in [-0.39, 0.29) is 6.17 Å². The molecule has 3 N–H and O–H groups in total. The molecule has 17 heavy (non-hydrogen) atoms. The minimum atomic E-state index is 0.0986. The number of anilines is 1. The molecule has 1 unspecified atom stereocenters. The standard InChI is InChI=1S/C14H17N3/c15-12-7-3-9-16-14(12)17-10-4-6-11-5-1-2-8-13(11)17/h1-3,5,7-9,14,16H,4,6,10,15H2. The highest BCUT2D eigenvalue weighted by Crippen LogP contribution is 2.29. The van der Waals surface area contributed by atoms with Crippen LogP contribution in [0.5, 0.6) is 0 Å². The number of allylic oxidation sites excluding steroid dienone is 2. The number of hydrogen-bond donors (Lipinski definition) is 2. The van der Waals surface area contributed by atoms with Gasteiger partial charge in [0.1, 0.15) is 6.17 Å². The van der Waals surface area contributed by atoms with E-state index in [1.807, 2.05) is 18.4 Å². The lowest BCUT2D eigenvalue weighted by atomic mass is 10.0. The smallest absolute Gasteiger partial charge is 0.140 e. The third-order valence-electron chi connectivity index (χ3n) is 3.41. The van der Waals surface area contributed by atoms with Gasteiger partial charge in [-0.2, -0.15) is 0 Å². The van der Waals surface area contributed by atoms with Crippen LogP contribution in [0.4, 0.5) is 5.69 Å². The van der Waals surface area contributed by atoms with E-state index in [2.05, 4.69) is 34.5 Å². The van der Waals surface area contributed by atoms with Gasteiger partial charge in [-0.25, -0.2) is 0 Å². The van der Waals surface area contributed by atoms with E-state index in [0.717, 1.165) is 12.2 Å². The summed E-state index contributed by atoms with van der Waals surface area (Å²) >= 11 is 0. The number of para-hydroxylation sites is 1. The van der Waals surface area contributed by atoms with Gasteiger partial charge in [0.25, 0.3) is 0 Å². The van der Waals surface area contributed by atoms with Gasteiger partial charge in [0.15, 0.2) is 0 Å². The quantitative estimate of drug-likeness (QED) is 0.767. The molecule has 2 heterocycles. The third kappa shape index (κ3) is 1.78. The summed E-state index contributed by atoms with van der Waals surface area (Å²) in [6.07, 6.45) is 8.32. The minimum Gasteiger partial charge on any atom is -0.399 e. The molecule has 3 heteroatoms. The van der Waals surface area contributed by atoms with Crippen LogP contribution in [-0.4, -0.2) is 12.7 Å². The molecule has 0 aromatic heterocycles. The van der Waals surface area contributed by atoms with Crippen LogP contribution in [0, 0.1) is 0 Å². The predicted molar refractivity (Wildman–Crippen MR) is 70.4 cm³/mol. The first kappa shape index (κ1) is 10.3. The third-order valence-corrected chi connectivity index (χ3v) is 3.41. The van der Waals surface area contributed by atoms with Crippen LogP contribution < -0.4 is 16.0 Å². The van der Waals surface area contributed by atoms with Gasteiger partial charge in [-0.1, -0.05) is 18.2 Å². The zero-order chi connectivity index (χ0) is 11.7. The van der Waals surface area contributed by atoms with Crippen molar-refractivity contribution in [2.45, 2.75) is 19.0 Å². The molecule has 0 amide bonds. The second-order valence-electron chi connectivity index (χ2n) is 4.52. The number of dihydropyridines is 1. The van der Waals surface area contributed by atoms with Crippen LogP contribution in [0.1, 0.15) is 12.0 Å². The van der Waals surface area contributed by atoms with Crippen molar-refractivity contribution in [2.75, 3.05) is 11.4 Å². The number of hydrogen-bond acceptors (Lipinski definition) is 3. The maximum absolute atomic E-state index is 6.07. The maximum atomic E-state index is 6.07. The molecule has 0 aliphatic carbocycles. The Bertz CT molecular complexity index is 476. The van der Waals surface area contributed by atoms with Crippen molar-refractivity contribution in [1.29, 1.82) is 0 Å². The summed E-state index contributed by atoms with van der Waals surface area (Å²) in [6.45, 7) is 1.05. The Labute approximate surface area is 102 Å². The Morgan fingerprint density at radius 3 is 3.06 bits per heavy atom. The molecule has 1 aromatic carbocycles. The van der Waals surface area contributed by atoms with Crippen molar-refractivity contribution in [1.82, 2.24) is 5.32 Å². The van der Waals surface area contributed by atoms with Crippen molar-refractivity contribution >= 4 is 5.69 Å². The van der Waals surface area contributed by atoms with Crippen LogP contribution in [-0.2, 0) is 6.42 Å². The SMILES string of the molecule is NC1=CC=CNC1N1CCCc2ccccc21. The lowest BCUT2D eigenvalue weighted by Crippen LogP contribution is -2.50.